The van der Waals surface area contributed by atoms with Gasteiger partial charge in [0.25, 0.3) is 5.91 Å². The van der Waals surface area contributed by atoms with Gasteiger partial charge >= 0.3 is 0 Å². The van der Waals surface area contributed by atoms with Crippen molar-refractivity contribution >= 4 is 28.9 Å². The number of ether oxygens (including phenoxy) is 1. The second kappa shape index (κ2) is 7.79. The van der Waals surface area contributed by atoms with Crippen LogP contribution in [0.2, 0.25) is 5.02 Å². The van der Waals surface area contributed by atoms with Gasteiger partial charge in [0.2, 0.25) is 0 Å². The molecule has 0 aromatic heterocycles. The highest BCUT2D eigenvalue weighted by Crippen LogP contribution is 2.27. The Balaban J connectivity index is 1.68. The maximum Gasteiger partial charge on any atom is 0.255 e. The van der Waals surface area contributed by atoms with Crippen molar-refractivity contribution in [3.63, 3.8) is 0 Å². The Hall–Kier alpha value is -2.20. The smallest absolute Gasteiger partial charge is 0.255 e. The number of amides is 1. The van der Waals surface area contributed by atoms with Crippen LogP contribution >= 0.6 is 11.6 Å². The lowest BCUT2D eigenvalue weighted by molar-refractivity contribution is 0.102. The van der Waals surface area contributed by atoms with Crippen LogP contribution in [0.5, 0.6) is 5.75 Å². The third-order valence-electron chi connectivity index (χ3n) is 4.67. The van der Waals surface area contributed by atoms with E-state index in [1.807, 2.05) is 12.1 Å². The molecule has 132 valence electrons. The molecule has 0 saturated carbocycles. The number of rotatable bonds is 4. The molecular weight excluding hydrogens is 336 g/mol. The monoisotopic (exact) mass is 358 g/mol. The first-order valence-corrected chi connectivity index (χ1v) is 8.98. The van der Waals surface area contributed by atoms with Crippen molar-refractivity contribution in [2.24, 2.45) is 0 Å². The van der Waals surface area contributed by atoms with E-state index in [0.29, 0.717) is 22.4 Å². The zero-order valence-electron chi connectivity index (χ0n) is 14.6. The SMILES string of the molecule is COc1ccc(C(=O)Nc2ccc(N3CCCC[C@H]3C)cc2)cc1Cl. The van der Waals surface area contributed by atoms with Gasteiger partial charge in [0.1, 0.15) is 5.75 Å². The number of nitrogens with one attached hydrogen (secondary N) is 1. The zero-order chi connectivity index (χ0) is 17.8. The molecule has 3 rings (SSSR count). The van der Waals surface area contributed by atoms with Crippen molar-refractivity contribution in [1.82, 2.24) is 0 Å². The predicted octanol–water partition coefficient (Wildman–Crippen LogP) is 4.98. The molecular formula is C20H23ClN2O2. The fourth-order valence-corrected chi connectivity index (χ4v) is 3.49. The van der Waals surface area contributed by atoms with Crippen LogP contribution in [0, 0.1) is 0 Å². The Morgan fingerprint density at radius 1 is 1.20 bits per heavy atom. The molecule has 2 aromatic rings. The van der Waals surface area contributed by atoms with E-state index < -0.39 is 0 Å². The van der Waals surface area contributed by atoms with E-state index in [-0.39, 0.29) is 5.91 Å². The average molecular weight is 359 g/mol. The van der Waals surface area contributed by atoms with Crippen LogP contribution in [0.4, 0.5) is 11.4 Å². The summed E-state index contributed by atoms with van der Waals surface area (Å²) in [5.74, 6) is 0.363. The van der Waals surface area contributed by atoms with Crippen molar-refractivity contribution in [1.29, 1.82) is 0 Å². The third kappa shape index (κ3) is 4.07. The molecule has 0 bridgehead atoms. The number of piperidine rings is 1. The Morgan fingerprint density at radius 2 is 1.96 bits per heavy atom. The van der Waals surface area contributed by atoms with Gasteiger partial charge in [-0.1, -0.05) is 11.6 Å². The molecule has 1 atom stereocenters. The minimum atomic E-state index is -0.191. The lowest BCUT2D eigenvalue weighted by Crippen LogP contribution is -2.37. The Morgan fingerprint density at radius 3 is 2.60 bits per heavy atom. The van der Waals surface area contributed by atoms with E-state index in [0.717, 1.165) is 12.2 Å². The van der Waals surface area contributed by atoms with Crippen molar-refractivity contribution in [3.8, 4) is 5.75 Å². The highest BCUT2D eigenvalue weighted by molar-refractivity contribution is 6.32. The van der Waals surface area contributed by atoms with Crippen molar-refractivity contribution in [2.45, 2.75) is 32.2 Å². The number of benzene rings is 2. The number of hydrogen-bond acceptors (Lipinski definition) is 3. The van der Waals surface area contributed by atoms with Crippen LogP contribution in [0.15, 0.2) is 42.5 Å². The molecule has 1 heterocycles. The number of carbonyl (C=O) groups excluding carboxylic acids is 1. The predicted molar refractivity (Wildman–Crippen MR) is 103 cm³/mol. The van der Waals surface area contributed by atoms with E-state index in [1.165, 1.54) is 24.9 Å². The summed E-state index contributed by atoms with van der Waals surface area (Å²) in [6, 6.07) is 13.6. The van der Waals surface area contributed by atoms with Crippen LogP contribution in [0.3, 0.4) is 0 Å². The zero-order valence-corrected chi connectivity index (χ0v) is 15.3. The van der Waals surface area contributed by atoms with Gasteiger partial charge in [-0.25, -0.2) is 0 Å². The normalized spacial score (nSPS) is 17.2. The number of hydrogen-bond donors (Lipinski definition) is 1. The van der Waals surface area contributed by atoms with Gasteiger partial charge in [0.15, 0.2) is 0 Å². The van der Waals surface area contributed by atoms with Crippen LogP contribution in [-0.2, 0) is 0 Å². The minimum absolute atomic E-state index is 0.191. The fourth-order valence-electron chi connectivity index (χ4n) is 3.23. The van der Waals surface area contributed by atoms with Crippen LogP contribution in [0.1, 0.15) is 36.5 Å². The number of nitrogens with zero attached hydrogens (tertiary/aromatic N) is 1. The third-order valence-corrected chi connectivity index (χ3v) is 4.97. The van der Waals surface area contributed by atoms with Crippen LogP contribution in [0.25, 0.3) is 0 Å². The van der Waals surface area contributed by atoms with Crippen molar-refractivity contribution < 1.29 is 9.53 Å². The maximum atomic E-state index is 12.4. The first kappa shape index (κ1) is 17.6. The summed E-state index contributed by atoms with van der Waals surface area (Å²) >= 11 is 6.09. The molecule has 5 heteroatoms. The maximum absolute atomic E-state index is 12.4. The molecule has 0 radical (unpaired) electrons. The van der Waals surface area contributed by atoms with Gasteiger partial charge in [-0.3, -0.25) is 4.79 Å². The summed E-state index contributed by atoms with van der Waals surface area (Å²) in [7, 11) is 1.55. The highest BCUT2D eigenvalue weighted by atomic mass is 35.5. The highest BCUT2D eigenvalue weighted by Gasteiger charge is 2.18. The molecule has 1 aliphatic rings. The van der Waals surface area contributed by atoms with Crippen LogP contribution < -0.4 is 15.0 Å². The quantitative estimate of drug-likeness (QED) is 0.838. The lowest BCUT2D eigenvalue weighted by Gasteiger charge is -2.35. The molecule has 0 spiro atoms. The van der Waals surface area contributed by atoms with Gasteiger partial charge in [-0.05, 0) is 68.7 Å². The summed E-state index contributed by atoms with van der Waals surface area (Å²) in [6.45, 7) is 3.36. The average Bonchev–Trinajstić information content (AvgIpc) is 2.63. The summed E-state index contributed by atoms with van der Waals surface area (Å²) in [5.41, 5.74) is 2.47. The first-order valence-electron chi connectivity index (χ1n) is 8.60. The van der Waals surface area contributed by atoms with Crippen molar-refractivity contribution in [2.75, 3.05) is 23.9 Å². The standard InChI is InChI=1S/C20H23ClN2O2/c1-14-5-3-4-12-23(14)17-9-7-16(8-10-17)22-20(24)15-6-11-19(25-2)18(21)13-15/h6-11,13-14H,3-5,12H2,1-2H3,(H,22,24)/t14-/m1/s1. The molecule has 1 N–H and O–H groups in total. The molecule has 25 heavy (non-hydrogen) atoms. The molecule has 1 amide bonds. The largest absolute Gasteiger partial charge is 0.495 e. The number of carbonyl (C=O) groups is 1. The molecule has 0 unspecified atom stereocenters. The summed E-state index contributed by atoms with van der Waals surface area (Å²) in [6.07, 6.45) is 3.77. The molecule has 1 fully saturated rings. The van der Waals surface area contributed by atoms with Gasteiger partial charge < -0.3 is 15.0 Å². The Bertz CT molecular complexity index is 746. The summed E-state index contributed by atoms with van der Waals surface area (Å²) < 4.78 is 5.11. The van der Waals surface area contributed by atoms with E-state index in [9.17, 15) is 4.79 Å². The van der Waals surface area contributed by atoms with E-state index in [2.05, 4.69) is 29.3 Å². The minimum Gasteiger partial charge on any atom is -0.495 e. The van der Waals surface area contributed by atoms with E-state index >= 15 is 0 Å². The summed E-state index contributed by atoms with van der Waals surface area (Å²) in [5, 5.41) is 3.33. The van der Waals surface area contributed by atoms with Gasteiger partial charge in [0.05, 0.1) is 12.1 Å². The van der Waals surface area contributed by atoms with E-state index in [1.54, 1.807) is 25.3 Å². The molecule has 0 aliphatic carbocycles. The molecule has 1 saturated heterocycles. The van der Waals surface area contributed by atoms with E-state index in [4.69, 9.17) is 16.3 Å². The fraction of sp³-hybridized carbons (Fsp3) is 0.350. The van der Waals surface area contributed by atoms with Crippen LogP contribution in [-0.4, -0.2) is 25.6 Å². The number of anilines is 2. The molecule has 2 aromatic carbocycles. The second-order valence-corrected chi connectivity index (χ2v) is 6.80. The molecule has 1 aliphatic heterocycles. The molecule has 4 nitrogen and oxygen atoms in total. The Kier molecular flexibility index (Phi) is 5.49. The van der Waals surface area contributed by atoms with Crippen molar-refractivity contribution in [3.05, 3.63) is 53.1 Å². The topological polar surface area (TPSA) is 41.6 Å². The second-order valence-electron chi connectivity index (χ2n) is 6.39. The van der Waals surface area contributed by atoms with Gasteiger partial charge in [-0.15, -0.1) is 0 Å². The van der Waals surface area contributed by atoms with Gasteiger partial charge in [-0.2, -0.15) is 0 Å². The number of methoxy groups -OCH3 is 1. The summed E-state index contributed by atoms with van der Waals surface area (Å²) in [4.78, 5) is 14.8. The van der Waals surface area contributed by atoms with Gasteiger partial charge in [0, 0.05) is 29.5 Å². The number of halogens is 1. The lowest BCUT2D eigenvalue weighted by atomic mass is 10.0. The first-order chi connectivity index (χ1) is 12.1. The Labute approximate surface area is 153 Å².